The van der Waals surface area contributed by atoms with E-state index in [4.69, 9.17) is 18.9 Å². The fourth-order valence-corrected chi connectivity index (χ4v) is 2.39. The molecule has 0 amide bonds. The van der Waals surface area contributed by atoms with E-state index in [-0.39, 0.29) is 0 Å². The maximum Gasteiger partial charge on any atom is 0.338 e. The average molecular weight is 430 g/mol. The Morgan fingerprint density at radius 1 is 0.500 bits per heavy atom. The van der Waals surface area contributed by atoms with Gasteiger partial charge in [-0.1, -0.05) is 13.2 Å². The van der Waals surface area contributed by atoms with Gasteiger partial charge in [0.05, 0.1) is 0 Å². The van der Waals surface area contributed by atoms with E-state index >= 15 is 0 Å². The normalized spacial score (nSPS) is 10.1. The molecule has 3 aromatic carbocycles. The number of hydrogen-bond acceptors (Lipinski definition) is 6. The Morgan fingerprint density at radius 2 is 0.719 bits per heavy atom. The second kappa shape index (κ2) is 10.1. The molecule has 6 nitrogen and oxygen atoms in total. The molecule has 0 aliphatic carbocycles. The minimum atomic E-state index is -0.475. The van der Waals surface area contributed by atoms with Crippen molar-refractivity contribution in [2.75, 3.05) is 0 Å². The molecule has 3 rings (SSSR count). The first-order valence-corrected chi connectivity index (χ1v) is 9.71. The molecule has 162 valence electrons. The lowest BCUT2D eigenvalue weighted by atomic mass is 10.3. The van der Waals surface area contributed by atoms with Crippen LogP contribution in [0.2, 0.25) is 0 Å². The Bertz CT molecular complexity index is 1030. The summed E-state index contributed by atoms with van der Waals surface area (Å²) in [5.41, 5.74) is 0.657. The lowest BCUT2D eigenvalue weighted by Gasteiger charge is -2.10. The van der Waals surface area contributed by atoms with E-state index in [2.05, 4.69) is 13.2 Å². The van der Waals surface area contributed by atoms with E-state index in [0.717, 1.165) is 0 Å². The Hall–Kier alpha value is -4.32. The van der Waals surface area contributed by atoms with Crippen LogP contribution >= 0.6 is 0 Å². The van der Waals surface area contributed by atoms with E-state index in [1.807, 2.05) is 0 Å². The van der Waals surface area contributed by atoms with Gasteiger partial charge in [0.15, 0.2) is 0 Å². The van der Waals surface area contributed by atoms with Crippen molar-refractivity contribution in [1.29, 1.82) is 0 Å². The number of esters is 2. The third-order valence-corrected chi connectivity index (χ3v) is 4.06. The Morgan fingerprint density at radius 3 is 0.938 bits per heavy atom. The van der Waals surface area contributed by atoms with Crippen molar-refractivity contribution in [2.24, 2.45) is 0 Å². The lowest BCUT2D eigenvalue weighted by Crippen LogP contribution is -2.07. The standard InChI is InChI=1S/C26H22O6/c1-17(2)25(27)31-23-13-9-21(10-14-23)29-19-5-7-20(8-6-19)30-22-11-15-24(16-12-22)32-26(28)18(3)4/h5-16H,1,3H2,2,4H3. The fourth-order valence-electron chi connectivity index (χ4n) is 2.39. The largest absolute Gasteiger partial charge is 0.457 e. The van der Waals surface area contributed by atoms with Crippen LogP contribution in [-0.2, 0) is 9.59 Å². The van der Waals surface area contributed by atoms with Gasteiger partial charge >= 0.3 is 11.9 Å². The molecule has 6 heteroatoms. The number of ether oxygens (including phenoxy) is 4. The van der Waals surface area contributed by atoms with E-state index in [1.54, 1.807) is 86.6 Å². The van der Waals surface area contributed by atoms with Crippen LogP contribution in [0.15, 0.2) is 97.1 Å². The van der Waals surface area contributed by atoms with Gasteiger partial charge in [-0.2, -0.15) is 0 Å². The molecular formula is C26H22O6. The SMILES string of the molecule is C=C(C)C(=O)Oc1ccc(Oc2ccc(Oc3ccc(OC(=O)C(=C)C)cc3)cc2)cc1. The van der Waals surface area contributed by atoms with Crippen LogP contribution in [0.4, 0.5) is 0 Å². The topological polar surface area (TPSA) is 71.1 Å². The Kier molecular flexibility index (Phi) is 7.08. The first-order valence-electron chi connectivity index (χ1n) is 9.71. The van der Waals surface area contributed by atoms with Crippen molar-refractivity contribution < 1.29 is 28.5 Å². The summed E-state index contributed by atoms with van der Waals surface area (Å²) in [6.07, 6.45) is 0. The van der Waals surface area contributed by atoms with Gasteiger partial charge in [0, 0.05) is 11.1 Å². The molecule has 0 aromatic heterocycles. The summed E-state index contributed by atoms with van der Waals surface area (Å²) < 4.78 is 21.9. The molecule has 32 heavy (non-hydrogen) atoms. The molecule has 3 aromatic rings. The molecule has 0 aliphatic heterocycles. The quantitative estimate of drug-likeness (QED) is 0.240. The van der Waals surface area contributed by atoms with Crippen LogP contribution in [0.25, 0.3) is 0 Å². The van der Waals surface area contributed by atoms with E-state index < -0.39 is 11.9 Å². The number of hydrogen-bond donors (Lipinski definition) is 0. The summed E-state index contributed by atoms with van der Waals surface area (Å²) in [5, 5.41) is 0. The maximum absolute atomic E-state index is 11.5. The predicted molar refractivity (Wildman–Crippen MR) is 120 cm³/mol. The number of rotatable bonds is 8. The van der Waals surface area contributed by atoms with Crippen molar-refractivity contribution >= 4 is 11.9 Å². The molecule has 0 aliphatic rings. The molecule has 0 radical (unpaired) electrons. The van der Waals surface area contributed by atoms with Crippen molar-refractivity contribution in [3.63, 3.8) is 0 Å². The Balaban J connectivity index is 1.56. The van der Waals surface area contributed by atoms with Gasteiger partial charge in [-0.05, 0) is 86.6 Å². The summed E-state index contributed by atoms with van der Waals surface area (Å²) in [4.78, 5) is 23.1. The molecule has 0 heterocycles. The summed E-state index contributed by atoms with van der Waals surface area (Å²) in [6, 6.07) is 20.5. The van der Waals surface area contributed by atoms with Crippen LogP contribution in [0.5, 0.6) is 34.5 Å². The zero-order valence-electron chi connectivity index (χ0n) is 17.8. The van der Waals surface area contributed by atoms with Gasteiger partial charge < -0.3 is 18.9 Å². The van der Waals surface area contributed by atoms with Crippen molar-refractivity contribution in [1.82, 2.24) is 0 Å². The molecular weight excluding hydrogens is 408 g/mol. The van der Waals surface area contributed by atoms with Gasteiger partial charge in [0.1, 0.15) is 34.5 Å². The number of carbonyl (C=O) groups is 2. The molecule has 0 saturated carbocycles. The minimum Gasteiger partial charge on any atom is -0.457 e. The highest BCUT2D eigenvalue weighted by Crippen LogP contribution is 2.28. The molecule has 0 bridgehead atoms. The van der Waals surface area contributed by atoms with Crippen LogP contribution < -0.4 is 18.9 Å². The Labute approximate surface area is 186 Å². The van der Waals surface area contributed by atoms with Crippen molar-refractivity contribution in [2.45, 2.75) is 13.8 Å². The minimum absolute atomic E-state index is 0.329. The smallest absolute Gasteiger partial charge is 0.338 e. The summed E-state index contributed by atoms with van der Waals surface area (Å²) in [7, 11) is 0. The molecule has 0 fully saturated rings. The first-order chi connectivity index (χ1) is 15.3. The van der Waals surface area contributed by atoms with Gasteiger partial charge in [0.2, 0.25) is 0 Å². The highest BCUT2D eigenvalue weighted by molar-refractivity contribution is 5.89. The zero-order valence-corrected chi connectivity index (χ0v) is 17.8. The fraction of sp³-hybridized carbons (Fsp3) is 0.0769. The van der Waals surface area contributed by atoms with Crippen LogP contribution in [-0.4, -0.2) is 11.9 Å². The number of carbonyl (C=O) groups excluding carboxylic acids is 2. The van der Waals surface area contributed by atoms with E-state index in [0.29, 0.717) is 45.6 Å². The summed E-state index contributed by atoms with van der Waals surface area (Å²) >= 11 is 0. The third kappa shape index (κ3) is 6.34. The number of benzene rings is 3. The molecule has 0 unspecified atom stereocenters. The molecule has 0 N–H and O–H groups in total. The third-order valence-electron chi connectivity index (χ3n) is 4.06. The van der Waals surface area contributed by atoms with Crippen molar-refractivity contribution in [3.8, 4) is 34.5 Å². The van der Waals surface area contributed by atoms with Crippen LogP contribution in [0.3, 0.4) is 0 Å². The maximum atomic E-state index is 11.5. The van der Waals surface area contributed by atoms with E-state index in [9.17, 15) is 9.59 Å². The van der Waals surface area contributed by atoms with Crippen LogP contribution in [0, 0.1) is 0 Å². The van der Waals surface area contributed by atoms with Crippen LogP contribution in [0.1, 0.15) is 13.8 Å². The van der Waals surface area contributed by atoms with Gasteiger partial charge in [-0.3, -0.25) is 0 Å². The second-order valence-corrected chi connectivity index (χ2v) is 6.96. The molecule has 0 spiro atoms. The highest BCUT2D eigenvalue weighted by Gasteiger charge is 2.07. The molecule has 0 atom stereocenters. The van der Waals surface area contributed by atoms with Crippen molar-refractivity contribution in [3.05, 3.63) is 97.1 Å². The van der Waals surface area contributed by atoms with E-state index in [1.165, 1.54) is 0 Å². The predicted octanol–water partition coefficient (Wildman–Crippen LogP) is 6.23. The second-order valence-electron chi connectivity index (χ2n) is 6.96. The highest BCUT2D eigenvalue weighted by atomic mass is 16.5. The van der Waals surface area contributed by atoms with Gasteiger partial charge in [-0.25, -0.2) is 9.59 Å². The van der Waals surface area contributed by atoms with Gasteiger partial charge in [0.25, 0.3) is 0 Å². The lowest BCUT2D eigenvalue weighted by molar-refractivity contribution is -0.130. The summed E-state index contributed by atoms with van der Waals surface area (Å²) in [5.74, 6) is 2.29. The molecule has 0 saturated heterocycles. The monoisotopic (exact) mass is 430 g/mol. The summed E-state index contributed by atoms with van der Waals surface area (Å²) in [6.45, 7) is 10.3. The zero-order chi connectivity index (χ0) is 23.1. The first kappa shape index (κ1) is 22.4. The average Bonchev–Trinajstić information content (AvgIpc) is 2.77. The van der Waals surface area contributed by atoms with Gasteiger partial charge in [-0.15, -0.1) is 0 Å².